The number of hydrogen-bond donors (Lipinski definition) is 2. The highest BCUT2D eigenvalue weighted by Gasteiger charge is 2.10. The molecule has 0 aliphatic rings. The van der Waals surface area contributed by atoms with Crippen LogP contribution in [0.4, 0.5) is 0 Å². The molecule has 6 heteroatoms. The van der Waals surface area contributed by atoms with E-state index in [1.165, 1.54) is 77.0 Å². The lowest BCUT2D eigenvalue weighted by atomic mass is 10.00. The molecule has 0 bridgehead atoms. The van der Waals surface area contributed by atoms with Crippen molar-refractivity contribution in [2.24, 2.45) is 0 Å². The summed E-state index contributed by atoms with van der Waals surface area (Å²) in [6, 6.07) is 0.826. The van der Waals surface area contributed by atoms with E-state index in [2.05, 4.69) is 32.8 Å². The van der Waals surface area contributed by atoms with Crippen LogP contribution in [0.5, 0.6) is 0 Å². The highest BCUT2D eigenvalue weighted by Crippen LogP contribution is 2.16. The fourth-order valence-electron chi connectivity index (χ4n) is 2.63. The molecule has 142 valence electrons. The maximum Gasteiger partial charge on any atom is 0.394 e. The summed E-state index contributed by atoms with van der Waals surface area (Å²) in [6.07, 6.45) is 17.0. The Morgan fingerprint density at radius 3 is 1.43 bits per heavy atom. The van der Waals surface area contributed by atoms with E-state index in [4.69, 9.17) is 17.5 Å². The zero-order valence-corrected chi connectivity index (χ0v) is 16.4. The average molecular weight is 354 g/mol. The van der Waals surface area contributed by atoms with E-state index in [1.54, 1.807) is 0 Å². The smallest absolute Gasteiger partial charge is 0.306 e. The van der Waals surface area contributed by atoms with Crippen LogP contribution < -0.4 is 0 Å². The van der Waals surface area contributed by atoms with E-state index in [0.29, 0.717) is 0 Å². The third-order valence-electron chi connectivity index (χ3n) is 4.01. The van der Waals surface area contributed by atoms with E-state index < -0.39 is 10.4 Å². The molecule has 0 heterocycles. The Morgan fingerprint density at radius 2 is 1.04 bits per heavy atom. The summed E-state index contributed by atoms with van der Waals surface area (Å²) < 4.78 is 31.6. The molecule has 0 aromatic carbocycles. The molecule has 0 radical (unpaired) electrons. The first kappa shape index (κ1) is 25.1. The Balaban J connectivity index is 0. The SMILES string of the molecule is CCCCCCCCCC(CCCCC)N(C)C.O=S(=O)(O)O. The van der Waals surface area contributed by atoms with Crippen molar-refractivity contribution in [2.45, 2.75) is 96.9 Å². The van der Waals surface area contributed by atoms with Crippen molar-refractivity contribution >= 4 is 10.4 Å². The van der Waals surface area contributed by atoms with Crippen LogP contribution in [-0.2, 0) is 10.4 Å². The molecule has 2 N–H and O–H groups in total. The van der Waals surface area contributed by atoms with Crippen LogP contribution in [0.1, 0.15) is 90.9 Å². The number of nitrogens with zero attached hydrogens (tertiary/aromatic N) is 1. The van der Waals surface area contributed by atoms with E-state index in [9.17, 15) is 0 Å². The van der Waals surface area contributed by atoms with Crippen LogP contribution in [0.3, 0.4) is 0 Å². The van der Waals surface area contributed by atoms with Crippen molar-refractivity contribution in [3.63, 3.8) is 0 Å². The first-order chi connectivity index (χ1) is 10.7. The number of hydrogen-bond acceptors (Lipinski definition) is 3. The van der Waals surface area contributed by atoms with Gasteiger partial charge in [0.2, 0.25) is 0 Å². The lowest BCUT2D eigenvalue weighted by Crippen LogP contribution is -2.27. The van der Waals surface area contributed by atoms with Crippen molar-refractivity contribution in [1.29, 1.82) is 0 Å². The van der Waals surface area contributed by atoms with Crippen LogP contribution in [0, 0.1) is 0 Å². The van der Waals surface area contributed by atoms with Gasteiger partial charge in [0.05, 0.1) is 0 Å². The highest BCUT2D eigenvalue weighted by molar-refractivity contribution is 7.79. The Hall–Kier alpha value is -0.170. The third kappa shape index (κ3) is 27.0. The molecule has 0 rings (SSSR count). The zero-order valence-electron chi connectivity index (χ0n) is 15.6. The zero-order chi connectivity index (χ0) is 18.1. The van der Waals surface area contributed by atoms with E-state index in [0.717, 1.165) is 6.04 Å². The molecule has 0 aromatic heterocycles. The normalized spacial score (nSPS) is 12.8. The van der Waals surface area contributed by atoms with Gasteiger partial charge in [-0.2, -0.15) is 8.42 Å². The molecule has 1 unspecified atom stereocenters. The fraction of sp³-hybridized carbons (Fsp3) is 1.00. The van der Waals surface area contributed by atoms with Crippen LogP contribution in [0.25, 0.3) is 0 Å². The Kier molecular flexibility index (Phi) is 18.2. The van der Waals surface area contributed by atoms with Gasteiger partial charge in [0, 0.05) is 6.04 Å². The van der Waals surface area contributed by atoms with Gasteiger partial charge in [-0.05, 0) is 26.9 Å². The lowest BCUT2D eigenvalue weighted by molar-refractivity contribution is 0.252. The molecule has 0 aliphatic carbocycles. The summed E-state index contributed by atoms with van der Waals surface area (Å²) in [5, 5.41) is 0. The number of unbranched alkanes of at least 4 members (excludes halogenated alkanes) is 8. The van der Waals surface area contributed by atoms with Gasteiger partial charge in [0.25, 0.3) is 0 Å². The summed E-state index contributed by atoms with van der Waals surface area (Å²) in [5.74, 6) is 0. The topological polar surface area (TPSA) is 77.8 Å². The molecule has 0 amide bonds. The second-order valence-electron chi connectivity index (χ2n) is 6.47. The largest absolute Gasteiger partial charge is 0.394 e. The van der Waals surface area contributed by atoms with Crippen molar-refractivity contribution in [1.82, 2.24) is 4.90 Å². The molecule has 0 fully saturated rings. The van der Waals surface area contributed by atoms with Gasteiger partial charge in [-0.1, -0.05) is 78.1 Å². The molecule has 5 nitrogen and oxygen atoms in total. The van der Waals surface area contributed by atoms with Crippen molar-refractivity contribution in [3.8, 4) is 0 Å². The van der Waals surface area contributed by atoms with Gasteiger partial charge in [0.15, 0.2) is 0 Å². The predicted octanol–water partition coefficient (Wildman–Crippen LogP) is 4.98. The molecule has 0 aromatic rings. The molecule has 0 saturated heterocycles. The molecule has 1 atom stereocenters. The first-order valence-corrected chi connectivity index (χ1v) is 10.5. The second-order valence-corrected chi connectivity index (χ2v) is 7.37. The molecule has 0 saturated carbocycles. The minimum atomic E-state index is -4.67. The Bertz CT molecular complexity index is 323. The molecule has 23 heavy (non-hydrogen) atoms. The summed E-state index contributed by atoms with van der Waals surface area (Å²) in [6.45, 7) is 4.58. The standard InChI is InChI=1S/C17H37N.H2O4S/c1-5-7-9-10-11-12-14-16-17(18(3)4)15-13-8-6-2;1-5(2,3)4/h17H,5-16H2,1-4H3;(H2,1,2,3,4). The van der Waals surface area contributed by atoms with E-state index in [1.807, 2.05) is 0 Å². The van der Waals surface area contributed by atoms with E-state index in [-0.39, 0.29) is 0 Å². The highest BCUT2D eigenvalue weighted by atomic mass is 32.3. The Morgan fingerprint density at radius 1 is 0.739 bits per heavy atom. The minimum Gasteiger partial charge on any atom is -0.306 e. The van der Waals surface area contributed by atoms with Gasteiger partial charge in [-0.15, -0.1) is 0 Å². The quantitative estimate of drug-likeness (QED) is 0.360. The van der Waals surface area contributed by atoms with Crippen molar-refractivity contribution in [2.75, 3.05) is 14.1 Å². The van der Waals surface area contributed by atoms with Crippen molar-refractivity contribution in [3.05, 3.63) is 0 Å². The first-order valence-electron chi connectivity index (χ1n) is 9.08. The molecule has 0 aliphatic heterocycles. The van der Waals surface area contributed by atoms with Crippen LogP contribution >= 0.6 is 0 Å². The third-order valence-corrected chi connectivity index (χ3v) is 4.01. The Labute approximate surface area is 144 Å². The van der Waals surface area contributed by atoms with Crippen LogP contribution in [0.15, 0.2) is 0 Å². The second kappa shape index (κ2) is 16.7. The monoisotopic (exact) mass is 353 g/mol. The van der Waals surface area contributed by atoms with Crippen LogP contribution in [-0.4, -0.2) is 42.6 Å². The minimum absolute atomic E-state index is 0.826. The summed E-state index contributed by atoms with van der Waals surface area (Å²) >= 11 is 0. The summed E-state index contributed by atoms with van der Waals surface area (Å²) in [4.78, 5) is 2.44. The van der Waals surface area contributed by atoms with Crippen molar-refractivity contribution < 1.29 is 17.5 Å². The lowest BCUT2D eigenvalue weighted by Gasteiger charge is -2.24. The number of rotatable bonds is 13. The maximum absolute atomic E-state index is 8.74. The summed E-state index contributed by atoms with van der Waals surface area (Å²) in [7, 11) is -0.171. The summed E-state index contributed by atoms with van der Waals surface area (Å²) in [5.41, 5.74) is 0. The van der Waals surface area contributed by atoms with Gasteiger partial charge in [0.1, 0.15) is 0 Å². The van der Waals surface area contributed by atoms with Gasteiger partial charge in [-0.25, -0.2) is 0 Å². The predicted molar refractivity (Wildman–Crippen MR) is 98.4 cm³/mol. The van der Waals surface area contributed by atoms with Crippen LogP contribution in [0.2, 0.25) is 0 Å². The van der Waals surface area contributed by atoms with Gasteiger partial charge >= 0.3 is 10.4 Å². The fourth-order valence-corrected chi connectivity index (χ4v) is 2.63. The van der Waals surface area contributed by atoms with Gasteiger partial charge in [-0.3, -0.25) is 9.11 Å². The van der Waals surface area contributed by atoms with Gasteiger partial charge < -0.3 is 4.90 Å². The average Bonchev–Trinajstić information content (AvgIpc) is 2.42. The molecular formula is C17H39NO4S. The molecular weight excluding hydrogens is 314 g/mol. The maximum atomic E-state index is 8.74. The molecule has 0 spiro atoms. The van der Waals surface area contributed by atoms with E-state index >= 15 is 0 Å².